The minimum absolute atomic E-state index is 0.0417. The number of rotatable bonds is 9. The Balaban J connectivity index is 1.02. The zero-order valence-corrected chi connectivity index (χ0v) is 21.9. The predicted molar refractivity (Wildman–Crippen MR) is 138 cm³/mol. The molecule has 3 fully saturated rings. The van der Waals surface area contributed by atoms with Crippen LogP contribution in [0.4, 0.5) is 0 Å². The number of nitrogens with one attached hydrogen (secondary N) is 2. The van der Waals surface area contributed by atoms with Crippen LogP contribution in [0.2, 0.25) is 0 Å². The predicted octanol–water partition coefficient (Wildman–Crippen LogP) is 3.73. The summed E-state index contributed by atoms with van der Waals surface area (Å²) in [6.45, 7) is 3.87. The van der Waals surface area contributed by atoms with Gasteiger partial charge in [0, 0.05) is 43.7 Å². The SMILES string of the molecule is Cc1cccc(CNC2CCC(CS(=O)(=O)N3CCC(NC(=O)c4cc(C5CC5)on4)CC3)CC2)c1. The minimum atomic E-state index is -3.29. The van der Waals surface area contributed by atoms with Crippen molar-refractivity contribution in [1.82, 2.24) is 20.1 Å². The third-order valence-corrected chi connectivity index (χ3v) is 9.94. The number of carbonyl (C=O) groups excluding carboxylic acids is 1. The highest BCUT2D eigenvalue weighted by Gasteiger charge is 2.33. The van der Waals surface area contributed by atoms with Crippen molar-refractivity contribution in [2.45, 2.75) is 82.8 Å². The first kappa shape index (κ1) is 25.4. The monoisotopic (exact) mass is 514 g/mol. The largest absolute Gasteiger partial charge is 0.360 e. The fraction of sp³-hybridized carbons (Fsp3) is 0.630. The molecule has 36 heavy (non-hydrogen) atoms. The van der Waals surface area contributed by atoms with E-state index >= 15 is 0 Å². The number of amides is 1. The molecule has 2 heterocycles. The minimum Gasteiger partial charge on any atom is -0.360 e. The molecule has 1 aromatic heterocycles. The van der Waals surface area contributed by atoms with Crippen LogP contribution in [0.15, 0.2) is 34.9 Å². The van der Waals surface area contributed by atoms with Crippen LogP contribution >= 0.6 is 0 Å². The van der Waals surface area contributed by atoms with Gasteiger partial charge < -0.3 is 15.2 Å². The van der Waals surface area contributed by atoms with Crippen LogP contribution in [-0.4, -0.2) is 54.7 Å². The van der Waals surface area contributed by atoms with Crippen LogP contribution in [0.1, 0.15) is 84.7 Å². The Morgan fingerprint density at radius 2 is 1.78 bits per heavy atom. The molecule has 0 bridgehead atoms. The van der Waals surface area contributed by atoms with Crippen molar-refractivity contribution in [3.05, 3.63) is 52.9 Å². The van der Waals surface area contributed by atoms with Crippen molar-refractivity contribution in [2.75, 3.05) is 18.8 Å². The fourth-order valence-electron chi connectivity index (χ4n) is 5.52. The first-order valence-electron chi connectivity index (χ1n) is 13.4. The van der Waals surface area contributed by atoms with E-state index in [0.29, 0.717) is 43.6 Å². The molecule has 0 atom stereocenters. The maximum absolute atomic E-state index is 13.1. The lowest BCUT2D eigenvalue weighted by Gasteiger charge is -2.34. The number of nitrogens with zero attached hydrogens (tertiary/aromatic N) is 2. The molecule has 2 aromatic rings. The summed E-state index contributed by atoms with van der Waals surface area (Å²) in [5.74, 6) is 1.42. The lowest BCUT2D eigenvalue weighted by atomic mass is 9.87. The zero-order valence-electron chi connectivity index (χ0n) is 21.1. The highest BCUT2D eigenvalue weighted by atomic mass is 32.2. The molecule has 0 unspecified atom stereocenters. The first-order valence-corrected chi connectivity index (χ1v) is 15.0. The molecular weight excluding hydrogens is 476 g/mol. The smallest absolute Gasteiger partial charge is 0.273 e. The van der Waals surface area contributed by atoms with Gasteiger partial charge >= 0.3 is 0 Å². The highest BCUT2D eigenvalue weighted by molar-refractivity contribution is 7.89. The summed E-state index contributed by atoms with van der Waals surface area (Å²) in [7, 11) is -3.29. The molecular formula is C27H38N4O4S. The van der Waals surface area contributed by atoms with Gasteiger partial charge in [0.2, 0.25) is 10.0 Å². The van der Waals surface area contributed by atoms with E-state index in [4.69, 9.17) is 4.52 Å². The van der Waals surface area contributed by atoms with Crippen molar-refractivity contribution < 1.29 is 17.7 Å². The molecule has 3 aliphatic rings. The number of carbonyl (C=O) groups is 1. The van der Waals surface area contributed by atoms with Crippen LogP contribution in [0.25, 0.3) is 0 Å². The van der Waals surface area contributed by atoms with Crippen LogP contribution in [0, 0.1) is 12.8 Å². The van der Waals surface area contributed by atoms with Gasteiger partial charge in [0.25, 0.3) is 5.91 Å². The molecule has 1 aliphatic heterocycles. The Hall–Kier alpha value is -2.23. The number of benzene rings is 1. The second-order valence-electron chi connectivity index (χ2n) is 10.9. The second-order valence-corrected chi connectivity index (χ2v) is 12.9. The fourth-order valence-corrected chi connectivity index (χ4v) is 7.42. The maximum atomic E-state index is 13.1. The van der Waals surface area contributed by atoms with Crippen molar-refractivity contribution >= 4 is 15.9 Å². The number of hydrogen-bond donors (Lipinski definition) is 2. The Morgan fingerprint density at radius 1 is 1.03 bits per heavy atom. The van der Waals surface area contributed by atoms with Gasteiger partial charge in [0.15, 0.2) is 5.69 Å². The van der Waals surface area contributed by atoms with Crippen LogP contribution in [-0.2, 0) is 16.6 Å². The quantitative estimate of drug-likeness (QED) is 0.528. The molecule has 1 aromatic carbocycles. The van der Waals surface area contributed by atoms with Gasteiger partial charge in [0.1, 0.15) is 5.76 Å². The number of hydrogen-bond acceptors (Lipinski definition) is 6. The molecule has 2 aliphatic carbocycles. The van der Waals surface area contributed by atoms with Crippen LogP contribution in [0.3, 0.4) is 0 Å². The molecule has 2 saturated carbocycles. The van der Waals surface area contributed by atoms with E-state index in [1.807, 2.05) is 0 Å². The van der Waals surface area contributed by atoms with Gasteiger partial charge in [-0.1, -0.05) is 35.0 Å². The van der Waals surface area contributed by atoms with E-state index in [2.05, 4.69) is 47.0 Å². The van der Waals surface area contributed by atoms with Gasteiger partial charge in [-0.25, -0.2) is 12.7 Å². The molecule has 0 radical (unpaired) electrons. The number of piperidine rings is 1. The molecule has 9 heteroatoms. The average molecular weight is 515 g/mol. The summed E-state index contributed by atoms with van der Waals surface area (Å²) < 4.78 is 33.1. The van der Waals surface area contributed by atoms with E-state index in [1.165, 1.54) is 11.1 Å². The first-order chi connectivity index (χ1) is 17.4. The second kappa shape index (κ2) is 11.0. The summed E-state index contributed by atoms with van der Waals surface area (Å²) in [5, 5.41) is 10.6. The summed E-state index contributed by atoms with van der Waals surface area (Å²) >= 11 is 0. The van der Waals surface area contributed by atoms with Crippen LogP contribution in [0.5, 0.6) is 0 Å². The van der Waals surface area contributed by atoms with E-state index in [1.54, 1.807) is 10.4 Å². The van der Waals surface area contributed by atoms with Gasteiger partial charge in [0.05, 0.1) is 5.75 Å². The molecule has 196 valence electrons. The Kier molecular flexibility index (Phi) is 7.79. The maximum Gasteiger partial charge on any atom is 0.273 e. The summed E-state index contributed by atoms with van der Waals surface area (Å²) in [4.78, 5) is 12.5. The average Bonchev–Trinajstić information content (AvgIpc) is 3.60. The molecule has 0 spiro atoms. The number of aryl methyl sites for hydroxylation is 1. The van der Waals surface area contributed by atoms with E-state index < -0.39 is 10.0 Å². The summed E-state index contributed by atoms with van der Waals surface area (Å²) in [5.41, 5.74) is 2.88. The topological polar surface area (TPSA) is 105 Å². The normalized spacial score (nSPS) is 24.0. The molecule has 1 amide bonds. The summed E-state index contributed by atoms with van der Waals surface area (Å²) in [6.07, 6.45) is 7.34. The lowest BCUT2D eigenvalue weighted by molar-refractivity contribution is 0.0914. The molecule has 8 nitrogen and oxygen atoms in total. The van der Waals surface area contributed by atoms with E-state index in [0.717, 1.165) is 50.8 Å². The van der Waals surface area contributed by atoms with Gasteiger partial charge in [-0.15, -0.1) is 0 Å². The van der Waals surface area contributed by atoms with Crippen molar-refractivity contribution in [3.63, 3.8) is 0 Å². The van der Waals surface area contributed by atoms with E-state index in [9.17, 15) is 13.2 Å². The van der Waals surface area contributed by atoms with Crippen molar-refractivity contribution in [1.29, 1.82) is 0 Å². The Labute approximate surface area is 214 Å². The zero-order chi connectivity index (χ0) is 25.1. The Bertz CT molecular complexity index is 1140. The molecule has 5 rings (SSSR count). The highest BCUT2D eigenvalue weighted by Crippen LogP contribution is 2.40. The van der Waals surface area contributed by atoms with E-state index in [-0.39, 0.29) is 23.6 Å². The lowest BCUT2D eigenvalue weighted by Crippen LogP contribution is -2.47. The molecule has 2 N–H and O–H groups in total. The van der Waals surface area contributed by atoms with Crippen LogP contribution < -0.4 is 10.6 Å². The summed E-state index contributed by atoms with van der Waals surface area (Å²) in [6, 6.07) is 10.7. The van der Waals surface area contributed by atoms with Gasteiger partial charge in [-0.05, 0) is 69.8 Å². The number of aromatic nitrogens is 1. The number of sulfonamides is 1. The van der Waals surface area contributed by atoms with Crippen molar-refractivity contribution in [3.8, 4) is 0 Å². The van der Waals surface area contributed by atoms with Gasteiger partial charge in [-0.3, -0.25) is 4.79 Å². The third-order valence-electron chi connectivity index (χ3n) is 7.89. The standard InChI is InChI=1S/C27H38N4O4S/c1-19-3-2-4-21(15-19)17-28-23-9-5-20(6-10-23)18-36(33,34)31-13-11-24(12-14-31)29-27(32)25-16-26(35-30-25)22-7-8-22/h2-4,15-16,20,22-24,28H,5-14,17-18H2,1H3,(H,29,32). The third kappa shape index (κ3) is 6.55. The van der Waals surface area contributed by atoms with Gasteiger partial charge in [-0.2, -0.15) is 0 Å². The Morgan fingerprint density at radius 3 is 2.47 bits per heavy atom. The molecule has 1 saturated heterocycles. The van der Waals surface area contributed by atoms with Crippen molar-refractivity contribution in [2.24, 2.45) is 5.92 Å².